The van der Waals surface area contributed by atoms with Gasteiger partial charge in [0.05, 0.1) is 26.0 Å². The van der Waals surface area contributed by atoms with Crippen LogP contribution in [0.15, 0.2) is 6.20 Å². The minimum atomic E-state index is -0.450. The quantitative estimate of drug-likeness (QED) is 0.734. The first-order valence-electron chi connectivity index (χ1n) is 6.23. The summed E-state index contributed by atoms with van der Waals surface area (Å²) < 4.78 is 10.5. The van der Waals surface area contributed by atoms with Gasteiger partial charge >= 0.3 is 0 Å². The Morgan fingerprint density at radius 2 is 2.50 bits per heavy atom. The van der Waals surface area contributed by atoms with Crippen molar-refractivity contribution in [3.05, 3.63) is 17.5 Å². The maximum absolute atomic E-state index is 11.7. The van der Waals surface area contributed by atoms with E-state index in [2.05, 4.69) is 15.5 Å². The van der Waals surface area contributed by atoms with Crippen molar-refractivity contribution in [2.75, 3.05) is 26.4 Å². The summed E-state index contributed by atoms with van der Waals surface area (Å²) in [6.07, 6.45) is 3.17. The highest BCUT2D eigenvalue weighted by Gasteiger charge is 2.21. The SMILES string of the molecule is Cc1[nH]ncc1CCCNC(=O)C1COCCO1. The van der Waals surface area contributed by atoms with Gasteiger partial charge < -0.3 is 14.8 Å². The Morgan fingerprint density at radius 3 is 3.17 bits per heavy atom. The number of aryl methyl sites for hydroxylation is 2. The van der Waals surface area contributed by atoms with Crippen molar-refractivity contribution in [2.45, 2.75) is 25.9 Å². The molecule has 18 heavy (non-hydrogen) atoms. The smallest absolute Gasteiger partial charge is 0.251 e. The second-order valence-corrected chi connectivity index (χ2v) is 4.35. The van der Waals surface area contributed by atoms with Gasteiger partial charge in [-0.3, -0.25) is 9.89 Å². The van der Waals surface area contributed by atoms with Crippen molar-refractivity contribution in [2.24, 2.45) is 0 Å². The Labute approximate surface area is 106 Å². The second-order valence-electron chi connectivity index (χ2n) is 4.35. The Bertz CT molecular complexity index is 386. The molecule has 2 rings (SSSR count). The molecule has 6 heteroatoms. The molecule has 0 aromatic carbocycles. The van der Waals surface area contributed by atoms with Gasteiger partial charge in [-0.25, -0.2) is 0 Å². The highest BCUT2D eigenvalue weighted by atomic mass is 16.6. The zero-order valence-corrected chi connectivity index (χ0v) is 10.6. The van der Waals surface area contributed by atoms with Gasteiger partial charge in [-0.2, -0.15) is 5.10 Å². The number of carbonyl (C=O) groups excluding carboxylic acids is 1. The van der Waals surface area contributed by atoms with Crippen molar-refractivity contribution in [1.82, 2.24) is 15.5 Å². The van der Waals surface area contributed by atoms with Crippen molar-refractivity contribution >= 4 is 5.91 Å². The van der Waals surface area contributed by atoms with Gasteiger partial charge in [0, 0.05) is 12.2 Å². The molecule has 1 aliphatic rings. The first kappa shape index (κ1) is 13.0. The molecule has 0 bridgehead atoms. The number of aromatic amines is 1. The van der Waals surface area contributed by atoms with Crippen LogP contribution in [-0.2, 0) is 20.7 Å². The lowest BCUT2D eigenvalue weighted by molar-refractivity contribution is -0.147. The van der Waals surface area contributed by atoms with E-state index in [1.165, 1.54) is 5.56 Å². The van der Waals surface area contributed by atoms with Gasteiger partial charge in [0.25, 0.3) is 5.91 Å². The normalized spacial score (nSPS) is 19.7. The van der Waals surface area contributed by atoms with E-state index >= 15 is 0 Å². The van der Waals surface area contributed by atoms with Crippen LogP contribution < -0.4 is 5.32 Å². The third-order valence-electron chi connectivity index (χ3n) is 2.96. The first-order valence-corrected chi connectivity index (χ1v) is 6.23. The Hall–Kier alpha value is -1.40. The summed E-state index contributed by atoms with van der Waals surface area (Å²) in [7, 11) is 0. The average molecular weight is 253 g/mol. The van der Waals surface area contributed by atoms with Crippen LogP contribution in [0.2, 0.25) is 0 Å². The number of ether oxygens (including phenoxy) is 2. The molecule has 1 saturated heterocycles. The van der Waals surface area contributed by atoms with Crippen LogP contribution in [0.3, 0.4) is 0 Å². The van der Waals surface area contributed by atoms with Gasteiger partial charge in [-0.05, 0) is 25.3 Å². The van der Waals surface area contributed by atoms with Crippen molar-refractivity contribution in [3.8, 4) is 0 Å². The molecule has 1 aromatic rings. The predicted molar refractivity (Wildman–Crippen MR) is 65.2 cm³/mol. The Morgan fingerprint density at radius 1 is 1.61 bits per heavy atom. The molecule has 1 aromatic heterocycles. The van der Waals surface area contributed by atoms with Gasteiger partial charge in [0.1, 0.15) is 0 Å². The Balaban J connectivity index is 1.63. The first-order chi connectivity index (χ1) is 8.77. The van der Waals surface area contributed by atoms with Crippen LogP contribution in [0.4, 0.5) is 0 Å². The van der Waals surface area contributed by atoms with Crippen LogP contribution in [-0.4, -0.2) is 48.6 Å². The summed E-state index contributed by atoms with van der Waals surface area (Å²) >= 11 is 0. The molecular formula is C12H19N3O3. The number of hydrogen-bond donors (Lipinski definition) is 2. The zero-order valence-electron chi connectivity index (χ0n) is 10.6. The molecule has 1 atom stereocenters. The summed E-state index contributed by atoms with van der Waals surface area (Å²) in [5.41, 5.74) is 2.28. The molecule has 0 radical (unpaired) electrons. The van der Waals surface area contributed by atoms with Crippen LogP contribution in [0.1, 0.15) is 17.7 Å². The van der Waals surface area contributed by atoms with Gasteiger partial charge in [-0.15, -0.1) is 0 Å². The molecule has 2 heterocycles. The van der Waals surface area contributed by atoms with Gasteiger partial charge in [-0.1, -0.05) is 0 Å². The zero-order chi connectivity index (χ0) is 12.8. The van der Waals surface area contributed by atoms with E-state index in [9.17, 15) is 4.79 Å². The van der Waals surface area contributed by atoms with Crippen LogP contribution in [0.5, 0.6) is 0 Å². The fourth-order valence-electron chi connectivity index (χ4n) is 1.87. The number of H-pyrrole nitrogens is 1. The molecular weight excluding hydrogens is 234 g/mol. The van der Waals surface area contributed by atoms with E-state index in [4.69, 9.17) is 9.47 Å². The predicted octanol–water partition coefficient (Wildman–Crippen LogP) is 0.182. The maximum Gasteiger partial charge on any atom is 0.251 e. The van der Waals surface area contributed by atoms with Crippen molar-refractivity contribution in [3.63, 3.8) is 0 Å². The van der Waals surface area contributed by atoms with Crippen molar-refractivity contribution in [1.29, 1.82) is 0 Å². The topological polar surface area (TPSA) is 76.2 Å². The van der Waals surface area contributed by atoms with Crippen LogP contribution in [0.25, 0.3) is 0 Å². The highest BCUT2D eigenvalue weighted by molar-refractivity contribution is 5.80. The van der Waals surface area contributed by atoms with E-state index in [1.54, 1.807) is 0 Å². The van der Waals surface area contributed by atoms with Gasteiger partial charge in [0.15, 0.2) is 6.10 Å². The number of hydrogen-bond acceptors (Lipinski definition) is 4. The summed E-state index contributed by atoms with van der Waals surface area (Å²) in [5, 5.41) is 9.72. The largest absolute Gasteiger partial charge is 0.376 e. The molecule has 0 saturated carbocycles. The molecule has 0 spiro atoms. The molecule has 6 nitrogen and oxygen atoms in total. The number of nitrogens with one attached hydrogen (secondary N) is 2. The average Bonchev–Trinajstić information content (AvgIpc) is 2.81. The van der Waals surface area contributed by atoms with Crippen molar-refractivity contribution < 1.29 is 14.3 Å². The molecule has 2 N–H and O–H groups in total. The monoisotopic (exact) mass is 253 g/mol. The molecule has 1 fully saturated rings. The fourth-order valence-corrected chi connectivity index (χ4v) is 1.87. The second kappa shape index (κ2) is 6.51. The third-order valence-corrected chi connectivity index (χ3v) is 2.96. The fraction of sp³-hybridized carbons (Fsp3) is 0.667. The summed E-state index contributed by atoms with van der Waals surface area (Å²) in [4.78, 5) is 11.7. The summed E-state index contributed by atoms with van der Waals surface area (Å²) in [6, 6.07) is 0. The van der Waals surface area contributed by atoms with E-state index in [-0.39, 0.29) is 5.91 Å². The molecule has 1 unspecified atom stereocenters. The standard InChI is InChI=1S/C12H19N3O3/c1-9-10(7-14-15-9)3-2-4-13-12(16)11-8-17-5-6-18-11/h7,11H,2-6,8H2,1H3,(H,13,16)(H,14,15). The van der Waals surface area contributed by atoms with E-state index in [1.807, 2.05) is 13.1 Å². The lowest BCUT2D eigenvalue weighted by Gasteiger charge is -2.21. The molecule has 1 amide bonds. The molecule has 0 aliphatic carbocycles. The van der Waals surface area contributed by atoms with Gasteiger partial charge in [0.2, 0.25) is 0 Å². The van der Waals surface area contributed by atoms with E-state index < -0.39 is 6.10 Å². The molecule has 1 aliphatic heterocycles. The number of aromatic nitrogens is 2. The van der Waals surface area contributed by atoms with E-state index in [0.717, 1.165) is 18.5 Å². The Kier molecular flexibility index (Phi) is 4.72. The summed E-state index contributed by atoms with van der Waals surface area (Å²) in [5.74, 6) is -0.0846. The number of amides is 1. The lowest BCUT2D eigenvalue weighted by Crippen LogP contribution is -2.43. The lowest BCUT2D eigenvalue weighted by atomic mass is 10.1. The van der Waals surface area contributed by atoms with E-state index in [0.29, 0.717) is 26.4 Å². The van der Waals surface area contributed by atoms with Crippen LogP contribution >= 0.6 is 0 Å². The van der Waals surface area contributed by atoms with Crippen LogP contribution in [0, 0.1) is 6.92 Å². The minimum absolute atomic E-state index is 0.0846. The minimum Gasteiger partial charge on any atom is -0.376 e. The number of carbonyl (C=O) groups is 1. The number of nitrogens with zero attached hydrogens (tertiary/aromatic N) is 1. The maximum atomic E-state index is 11.7. The highest BCUT2D eigenvalue weighted by Crippen LogP contribution is 2.05. The third kappa shape index (κ3) is 3.54. The number of rotatable bonds is 5. The molecule has 100 valence electrons. The summed E-state index contributed by atoms with van der Waals surface area (Å²) in [6.45, 7) is 4.06.